The van der Waals surface area contributed by atoms with Crippen LogP contribution in [0.25, 0.3) is 5.57 Å². The molecule has 0 saturated heterocycles. The molecule has 0 spiro atoms. The topological polar surface area (TPSA) is 9.23 Å². The molecule has 4 saturated carbocycles. The predicted molar refractivity (Wildman–Crippen MR) is 130 cm³/mol. The van der Waals surface area contributed by atoms with Gasteiger partial charge in [-0.15, -0.1) is 0 Å². The van der Waals surface area contributed by atoms with Gasteiger partial charge < -0.3 is 4.74 Å². The average molecular weight is 434 g/mol. The summed E-state index contributed by atoms with van der Waals surface area (Å²) in [4.78, 5) is 0. The van der Waals surface area contributed by atoms with Gasteiger partial charge in [0, 0.05) is 5.02 Å². The van der Waals surface area contributed by atoms with E-state index in [0.717, 1.165) is 53.9 Å². The zero-order chi connectivity index (χ0) is 21.2. The van der Waals surface area contributed by atoms with E-state index in [0.29, 0.717) is 0 Å². The molecule has 2 aromatic carbocycles. The molecule has 6 rings (SSSR count). The molecule has 4 aliphatic rings. The third-order valence-corrected chi connectivity index (χ3v) is 8.00. The largest absolute Gasteiger partial charge is 0.494 e. The summed E-state index contributed by atoms with van der Waals surface area (Å²) in [5.41, 5.74) is 5.84. The van der Waals surface area contributed by atoms with Crippen molar-refractivity contribution in [1.82, 2.24) is 0 Å². The van der Waals surface area contributed by atoms with E-state index >= 15 is 0 Å². The van der Waals surface area contributed by atoms with Crippen molar-refractivity contribution in [2.24, 2.45) is 23.7 Å². The van der Waals surface area contributed by atoms with Gasteiger partial charge in [0.25, 0.3) is 0 Å². The first-order valence-corrected chi connectivity index (χ1v) is 12.6. The van der Waals surface area contributed by atoms with E-state index in [4.69, 9.17) is 16.3 Å². The maximum absolute atomic E-state index is 6.23. The minimum atomic E-state index is 0.769. The van der Waals surface area contributed by atoms with Crippen molar-refractivity contribution in [3.63, 3.8) is 0 Å². The Morgan fingerprint density at radius 3 is 1.94 bits per heavy atom. The van der Waals surface area contributed by atoms with Gasteiger partial charge >= 0.3 is 0 Å². The molecule has 31 heavy (non-hydrogen) atoms. The first kappa shape index (κ1) is 21.1. The monoisotopic (exact) mass is 433 g/mol. The SMILES string of the molecule is [CH2]CCCCCOc1ccc(C(=C2C3CC4CC(C3)CC2C4)c2ccc(Cl)cc2)cc1. The standard InChI is InChI=1S/C29H34ClO/c1-2-3-4-5-14-31-27-12-8-23(9-13-27)28(22-6-10-26(30)11-7-22)29-24-16-20-15-21(18-24)19-25(29)17-20/h6-13,20-21,24-25H,1-5,14-19H2. The third-order valence-electron chi connectivity index (χ3n) is 7.75. The van der Waals surface area contributed by atoms with Crippen LogP contribution >= 0.6 is 11.6 Å². The number of benzene rings is 2. The van der Waals surface area contributed by atoms with Gasteiger partial charge in [-0.2, -0.15) is 0 Å². The second-order valence-electron chi connectivity index (χ2n) is 9.93. The van der Waals surface area contributed by atoms with Crippen molar-refractivity contribution >= 4 is 17.2 Å². The molecule has 0 atom stereocenters. The van der Waals surface area contributed by atoms with Gasteiger partial charge in [0.2, 0.25) is 0 Å². The van der Waals surface area contributed by atoms with E-state index in [2.05, 4.69) is 43.3 Å². The Balaban J connectivity index is 1.44. The summed E-state index contributed by atoms with van der Waals surface area (Å²) >= 11 is 6.23. The lowest BCUT2D eigenvalue weighted by Gasteiger charge is -2.52. The second kappa shape index (κ2) is 9.41. The first-order chi connectivity index (χ1) is 15.2. The number of allylic oxidation sites excluding steroid dienone is 1. The van der Waals surface area contributed by atoms with Crippen molar-refractivity contribution in [3.8, 4) is 5.75 Å². The lowest BCUT2D eigenvalue weighted by atomic mass is 9.53. The van der Waals surface area contributed by atoms with E-state index in [-0.39, 0.29) is 0 Å². The van der Waals surface area contributed by atoms with Gasteiger partial charge in [-0.25, -0.2) is 0 Å². The Hall–Kier alpha value is -1.73. The Kier molecular flexibility index (Phi) is 6.41. The predicted octanol–water partition coefficient (Wildman–Crippen LogP) is 8.37. The lowest BCUT2D eigenvalue weighted by molar-refractivity contribution is 0.0705. The molecule has 0 amide bonds. The maximum atomic E-state index is 6.23. The fourth-order valence-electron chi connectivity index (χ4n) is 6.58. The van der Waals surface area contributed by atoms with Crippen molar-refractivity contribution in [1.29, 1.82) is 0 Å². The Morgan fingerprint density at radius 1 is 0.774 bits per heavy atom. The number of unbranched alkanes of at least 4 members (excludes halogenated alkanes) is 3. The molecular weight excluding hydrogens is 400 g/mol. The van der Waals surface area contributed by atoms with Gasteiger partial charge in [0.1, 0.15) is 5.75 Å². The number of halogens is 1. The molecule has 1 radical (unpaired) electrons. The van der Waals surface area contributed by atoms with Gasteiger partial charge in [-0.05, 0) is 103 Å². The van der Waals surface area contributed by atoms with Crippen LogP contribution in [0, 0.1) is 30.6 Å². The zero-order valence-electron chi connectivity index (χ0n) is 18.5. The molecule has 0 unspecified atom stereocenters. The first-order valence-electron chi connectivity index (χ1n) is 12.2. The minimum Gasteiger partial charge on any atom is -0.494 e. The highest BCUT2D eigenvalue weighted by Crippen LogP contribution is 2.58. The van der Waals surface area contributed by atoms with Crippen LogP contribution in [0.5, 0.6) is 5.75 Å². The average Bonchev–Trinajstić information content (AvgIpc) is 2.77. The maximum Gasteiger partial charge on any atom is 0.119 e. The van der Waals surface area contributed by atoms with Crippen molar-refractivity contribution in [3.05, 3.63) is 77.2 Å². The second-order valence-corrected chi connectivity index (χ2v) is 10.4. The van der Waals surface area contributed by atoms with Gasteiger partial charge in [0.15, 0.2) is 0 Å². The van der Waals surface area contributed by atoms with E-state index in [1.807, 2.05) is 12.1 Å². The summed E-state index contributed by atoms with van der Waals surface area (Å²) in [5.74, 6) is 4.45. The Labute approximate surface area is 192 Å². The van der Waals surface area contributed by atoms with E-state index < -0.39 is 0 Å². The van der Waals surface area contributed by atoms with Crippen LogP contribution in [0.3, 0.4) is 0 Å². The highest BCUT2D eigenvalue weighted by molar-refractivity contribution is 6.30. The Morgan fingerprint density at radius 2 is 1.35 bits per heavy atom. The van der Waals surface area contributed by atoms with Gasteiger partial charge in [-0.3, -0.25) is 0 Å². The van der Waals surface area contributed by atoms with Crippen LogP contribution in [0.4, 0.5) is 0 Å². The van der Waals surface area contributed by atoms with Crippen molar-refractivity contribution in [2.75, 3.05) is 6.61 Å². The van der Waals surface area contributed by atoms with Gasteiger partial charge in [-0.1, -0.05) is 67.6 Å². The fraction of sp³-hybridized carbons (Fsp3) is 0.483. The summed E-state index contributed by atoms with van der Waals surface area (Å²) in [7, 11) is 0. The highest BCUT2D eigenvalue weighted by atomic mass is 35.5. The molecule has 2 aromatic rings. The molecule has 4 aliphatic carbocycles. The van der Waals surface area contributed by atoms with Crippen LogP contribution in [0.15, 0.2) is 54.1 Å². The normalized spacial score (nSPS) is 26.3. The molecule has 0 N–H and O–H groups in total. The molecule has 4 bridgehead atoms. The van der Waals surface area contributed by atoms with Crippen molar-refractivity contribution in [2.45, 2.75) is 57.8 Å². The molecule has 1 nitrogen and oxygen atoms in total. The summed E-state index contributed by atoms with van der Waals surface area (Å²) in [6.07, 6.45) is 11.6. The summed E-state index contributed by atoms with van der Waals surface area (Å²) in [5, 5.41) is 0.806. The number of hydrogen-bond donors (Lipinski definition) is 0. The molecule has 0 aliphatic heterocycles. The van der Waals surface area contributed by atoms with E-state index in [1.165, 1.54) is 61.6 Å². The summed E-state index contributed by atoms with van der Waals surface area (Å²) in [6.45, 7) is 4.70. The molecule has 0 heterocycles. The summed E-state index contributed by atoms with van der Waals surface area (Å²) < 4.78 is 5.99. The molecular formula is C29H34ClO. The van der Waals surface area contributed by atoms with Crippen LogP contribution in [-0.2, 0) is 0 Å². The zero-order valence-corrected chi connectivity index (χ0v) is 19.2. The lowest BCUT2D eigenvalue weighted by Crippen LogP contribution is -2.40. The highest BCUT2D eigenvalue weighted by Gasteiger charge is 2.46. The van der Waals surface area contributed by atoms with Crippen molar-refractivity contribution < 1.29 is 4.74 Å². The number of ether oxygens (including phenoxy) is 1. The summed E-state index contributed by atoms with van der Waals surface area (Å²) in [6, 6.07) is 17.4. The Bertz CT molecular complexity index is 879. The van der Waals surface area contributed by atoms with E-state index in [1.54, 1.807) is 5.57 Å². The number of hydrogen-bond acceptors (Lipinski definition) is 1. The molecule has 4 fully saturated rings. The molecule has 0 aromatic heterocycles. The van der Waals surface area contributed by atoms with Crippen LogP contribution < -0.4 is 4.74 Å². The smallest absolute Gasteiger partial charge is 0.119 e. The van der Waals surface area contributed by atoms with E-state index in [9.17, 15) is 0 Å². The number of rotatable bonds is 8. The van der Waals surface area contributed by atoms with Gasteiger partial charge in [0.05, 0.1) is 6.61 Å². The minimum absolute atomic E-state index is 0.769. The molecule has 2 heteroatoms. The molecule has 163 valence electrons. The quantitative estimate of drug-likeness (QED) is 0.380. The third kappa shape index (κ3) is 4.58. The van der Waals surface area contributed by atoms with Crippen LogP contribution in [-0.4, -0.2) is 6.61 Å². The van der Waals surface area contributed by atoms with Crippen LogP contribution in [0.1, 0.15) is 68.9 Å². The van der Waals surface area contributed by atoms with Crippen LogP contribution in [0.2, 0.25) is 5.02 Å². The fourth-order valence-corrected chi connectivity index (χ4v) is 6.71.